The first-order valence-corrected chi connectivity index (χ1v) is 12.1. The van der Waals surface area contributed by atoms with Crippen molar-refractivity contribution in [1.29, 1.82) is 0 Å². The van der Waals surface area contributed by atoms with Crippen LogP contribution in [0, 0.1) is 18.8 Å². The highest BCUT2D eigenvalue weighted by Gasteiger charge is 2.31. The molecule has 4 nitrogen and oxygen atoms in total. The minimum Gasteiger partial charge on any atom is -0.496 e. The lowest BCUT2D eigenvalue weighted by Crippen LogP contribution is -2.39. The van der Waals surface area contributed by atoms with Gasteiger partial charge in [0.15, 0.2) is 0 Å². The van der Waals surface area contributed by atoms with Crippen molar-refractivity contribution in [3.8, 4) is 5.75 Å². The summed E-state index contributed by atoms with van der Waals surface area (Å²) in [5, 5.41) is 0. The summed E-state index contributed by atoms with van der Waals surface area (Å²) >= 11 is 0. The van der Waals surface area contributed by atoms with Crippen LogP contribution in [0.25, 0.3) is 0 Å². The quantitative estimate of drug-likeness (QED) is 0.720. The van der Waals surface area contributed by atoms with Gasteiger partial charge in [0.05, 0.1) is 12.0 Å². The predicted octanol–water partition coefficient (Wildman–Crippen LogP) is 4.60. The molecule has 1 atom stereocenters. The highest BCUT2D eigenvalue weighted by Crippen LogP contribution is 2.34. The van der Waals surface area contributed by atoms with E-state index in [1.807, 2.05) is 6.92 Å². The standard InChI is InChI=1S/C24H31NO3S/c1-18-15-23(9-10-24(18)28-2)29(26,27)25-13-11-19(12-14-25)16-20-7-8-21-5-3-4-6-22(21)17-20/h3-6,9-10,15,19-20H,7-8,11-14,16-17H2,1-2H3. The summed E-state index contributed by atoms with van der Waals surface area (Å²) in [7, 11) is -1.82. The van der Waals surface area contributed by atoms with Gasteiger partial charge in [0.1, 0.15) is 5.75 Å². The topological polar surface area (TPSA) is 46.6 Å². The van der Waals surface area contributed by atoms with Gasteiger partial charge in [-0.1, -0.05) is 24.3 Å². The Morgan fingerprint density at radius 1 is 1.00 bits per heavy atom. The van der Waals surface area contributed by atoms with Crippen LogP contribution in [-0.2, 0) is 22.9 Å². The number of hydrogen-bond acceptors (Lipinski definition) is 3. The Hall–Kier alpha value is -1.85. The molecule has 29 heavy (non-hydrogen) atoms. The lowest BCUT2D eigenvalue weighted by Gasteiger charge is -2.34. The van der Waals surface area contributed by atoms with Crippen molar-refractivity contribution in [1.82, 2.24) is 4.31 Å². The van der Waals surface area contributed by atoms with E-state index in [2.05, 4.69) is 24.3 Å². The molecule has 156 valence electrons. The first-order valence-electron chi connectivity index (χ1n) is 10.7. The van der Waals surface area contributed by atoms with Gasteiger partial charge in [-0.15, -0.1) is 0 Å². The maximum atomic E-state index is 13.1. The van der Waals surface area contributed by atoms with E-state index in [4.69, 9.17) is 4.74 Å². The molecule has 0 amide bonds. The van der Waals surface area contributed by atoms with Gasteiger partial charge in [0, 0.05) is 13.1 Å². The van der Waals surface area contributed by atoms with Crippen molar-refractivity contribution in [2.75, 3.05) is 20.2 Å². The van der Waals surface area contributed by atoms with E-state index in [1.165, 1.54) is 36.8 Å². The van der Waals surface area contributed by atoms with Crippen LogP contribution in [0.3, 0.4) is 0 Å². The van der Waals surface area contributed by atoms with E-state index in [9.17, 15) is 8.42 Å². The van der Waals surface area contributed by atoms with Crippen LogP contribution in [0.5, 0.6) is 5.75 Å². The molecular weight excluding hydrogens is 382 g/mol. The number of methoxy groups -OCH3 is 1. The minimum absolute atomic E-state index is 0.373. The van der Waals surface area contributed by atoms with E-state index >= 15 is 0 Å². The van der Waals surface area contributed by atoms with Gasteiger partial charge >= 0.3 is 0 Å². The second-order valence-electron chi connectivity index (χ2n) is 8.59. The van der Waals surface area contributed by atoms with Crippen LogP contribution in [0.4, 0.5) is 0 Å². The molecule has 0 spiro atoms. The van der Waals surface area contributed by atoms with Crippen molar-refractivity contribution in [2.24, 2.45) is 11.8 Å². The Morgan fingerprint density at radius 2 is 1.72 bits per heavy atom. The maximum absolute atomic E-state index is 13.1. The summed E-state index contributed by atoms with van der Waals surface area (Å²) in [6.07, 6.45) is 6.79. The van der Waals surface area contributed by atoms with E-state index in [1.54, 1.807) is 29.6 Å². The van der Waals surface area contributed by atoms with Crippen molar-refractivity contribution >= 4 is 10.0 Å². The Bertz CT molecular complexity index is 962. The number of rotatable bonds is 5. The molecule has 1 unspecified atom stereocenters. The average molecular weight is 414 g/mol. The molecule has 1 heterocycles. The predicted molar refractivity (Wildman–Crippen MR) is 116 cm³/mol. The number of aryl methyl sites for hydroxylation is 2. The second-order valence-corrected chi connectivity index (χ2v) is 10.5. The Labute approximate surface area is 174 Å². The highest BCUT2D eigenvalue weighted by molar-refractivity contribution is 7.89. The molecule has 5 heteroatoms. The van der Waals surface area contributed by atoms with Gasteiger partial charge in [0.25, 0.3) is 0 Å². The Morgan fingerprint density at radius 3 is 2.41 bits per heavy atom. The fraction of sp³-hybridized carbons (Fsp3) is 0.500. The van der Waals surface area contributed by atoms with E-state index < -0.39 is 10.0 Å². The van der Waals surface area contributed by atoms with Crippen molar-refractivity contribution in [3.63, 3.8) is 0 Å². The zero-order valence-electron chi connectivity index (χ0n) is 17.4. The number of fused-ring (bicyclic) bond motifs is 1. The Kier molecular flexibility index (Phi) is 5.98. The summed E-state index contributed by atoms with van der Waals surface area (Å²) in [6, 6.07) is 13.9. The van der Waals surface area contributed by atoms with Crippen LogP contribution >= 0.6 is 0 Å². The SMILES string of the molecule is COc1ccc(S(=O)(=O)N2CCC(CC3CCc4ccccc4C3)CC2)cc1C. The lowest BCUT2D eigenvalue weighted by atomic mass is 9.77. The molecule has 0 aromatic heterocycles. The molecule has 1 fully saturated rings. The maximum Gasteiger partial charge on any atom is 0.243 e. The van der Waals surface area contributed by atoms with Gasteiger partial charge < -0.3 is 4.74 Å². The molecule has 4 rings (SSSR count). The molecular formula is C24H31NO3S. The third kappa shape index (κ3) is 4.36. The second kappa shape index (κ2) is 8.49. The van der Waals surface area contributed by atoms with Crippen molar-refractivity contribution < 1.29 is 13.2 Å². The monoisotopic (exact) mass is 413 g/mol. The van der Waals surface area contributed by atoms with Crippen LogP contribution in [-0.4, -0.2) is 32.9 Å². The third-order valence-corrected chi connectivity index (χ3v) is 8.59. The molecule has 2 aromatic rings. The summed E-state index contributed by atoms with van der Waals surface area (Å²) < 4.78 is 33.0. The first-order chi connectivity index (χ1) is 14.0. The largest absolute Gasteiger partial charge is 0.496 e. The van der Waals surface area contributed by atoms with E-state index in [0.29, 0.717) is 23.9 Å². The van der Waals surface area contributed by atoms with E-state index in [0.717, 1.165) is 30.1 Å². The molecule has 2 aromatic carbocycles. The zero-order chi connectivity index (χ0) is 20.4. The molecule has 1 aliphatic heterocycles. The number of nitrogens with zero attached hydrogens (tertiary/aromatic N) is 1. The molecule has 1 saturated heterocycles. The smallest absolute Gasteiger partial charge is 0.243 e. The van der Waals surface area contributed by atoms with Crippen molar-refractivity contribution in [3.05, 3.63) is 59.2 Å². The van der Waals surface area contributed by atoms with Crippen LogP contribution < -0.4 is 4.74 Å². The summed E-state index contributed by atoms with van der Waals surface area (Å²) in [6.45, 7) is 3.13. The zero-order valence-corrected chi connectivity index (χ0v) is 18.2. The molecule has 0 saturated carbocycles. The lowest BCUT2D eigenvalue weighted by molar-refractivity contribution is 0.229. The summed E-state index contributed by atoms with van der Waals surface area (Å²) in [5.74, 6) is 2.09. The third-order valence-electron chi connectivity index (χ3n) is 6.69. The van der Waals surface area contributed by atoms with E-state index in [-0.39, 0.29) is 0 Å². The number of hydrogen-bond donors (Lipinski definition) is 0. The molecule has 0 bridgehead atoms. The van der Waals surface area contributed by atoms with Gasteiger partial charge in [-0.25, -0.2) is 8.42 Å². The highest BCUT2D eigenvalue weighted by atomic mass is 32.2. The first kappa shape index (κ1) is 20.4. The minimum atomic E-state index is -3.43. The van der Waals surface area contributed by atoms with Crippen molar-refractivity contribution in [2.45, 2.75) is 50.3 Å². The summed E-state index contributed by atoms with van der Waals surface area (Å²) in [5.41, 5.74) is 3.87. The molecule has 1 aliphatic carbocycles. The molecule has 2 aliphatic rings. The van der Waals surface area contributed by atoms with Gasteiger partial charge in [-0.2, -0.15) is 4.31 Å². The molecule has 0 N–H and O–H groups in total. The number of sulfonamides is 1. The van der Waals surface area contributed by atoms with Gasteiger partial charge in [0.2, 0.25) is 10.0 Å². The van der Waals surface area contributed by atoms with Gasteiger partial charge in [-0.3, -0.25) is 0 Å². The number of piperidine rings is 1. The fourth-order valence-electron chi connectivity index (χ4n) is 4.99. The van der Waals surface area contributed by atoms with Gasteiger partial charge in [-0.05, 0) is 92.2 Å². The summed E-state index contributed by atoms with van der Waals surface area (Å²) in [4.78, 5) is 0.373. The normalized spacial score (nSPS) is 21.0. The number of benzene rings is 2. The van der Waals surface area contributed by atoms with Crippen LogP contribution in [0.1, 0.15) is 42.4 Å². The Balaban J connectivity index is 1.35. The average Bonchev–Trinajstić information content (AvgIpc) is 2.74. The van der Waals surface area contributed by atoms with Crippen LogP contribution in [0.2, 0.25) is 0 Å². The fourth-order valence-corrected chi connectivity index (χ4v) is 6.55. The number of ether oxygens (including phenoxy) is 1. The molecule has 0 radical (unpaired) electrons. The van der Waals surface area contributed by atoms with Crippen LogP contribution in [0.15, 0.2) is 47.4 Å².